The number of nitrogens with one attached hydrogen (secondary N) is 1. The predicted octanol–water partition coefficient (Wildman–Crippen LogP) is 3.54. The van der Waals surface area contributed by atoms with Crippen molar-refractivity contribution in [3.05, 3.63) is 99.8 Å². The molecule has 0 atom stereocenters. The Bertz CT molecular complexity index is 1530. The van der Waals surface area contributed by atoms with Crippen LogP contribution >= 0.6 is 11.8 Å². The van der Waals surface area contributed by atoms with Crippen molar-refractivity contribution in [3.8, 4) is 5.69 Å². The number of carbonyl (C=O) groups excluding carboxylic acids is 3. The summed E-state index contributed by atoms with van der Waals surface area (Å²) in [6.07, 6.45) is 2.72. The number of amidine groups is 1. The lowest BCUT2D eigenvalue weighted by Crippen LogP contribution is -2.29. The number of nitrogens with zero attached hydrogens (tertiary/aromatic N) is 4. The molecule has 0 spiro atoms. The van der Waals surface area contributed by atoms with E-state index in [1.54, 1.807) is 36.9 Å². The summed E-state index contributed by atoms with van der Waals surface area (Å²) in [5.41, 5.74) is 1.94. The van der Waals surface area contributed by atoms with E-state index in [9.17, 15) is 19.2 Å². The highest BCUT2D eigenvalue weighted by molar-refractivity contribution is 8.18. The molecule has 0 bridgehead atoms. The number of para-hydroxylation sites is 1. The molecule has 0 aliphatic carbocycles. The van der Waals surface area contributed by atoms with Crippen molar-refractivity contribution in [1.82, 2.24) is 14.3 Å². The fourth-order valence-electron chi connectivity index (χ4n) is 3.76. The van der Waals surface area contributed by atoms with Gasteiger partial charge in [-0.25, -0.2) is 14.5 Å². The third-order valence-electron chi connectivity index (χ3n) is 5.77. The molecule has 1 saturated heterocycles. The summed E-state index contributed by atoms with van der Waals surface area (Å²) in [6.45, 7) is 5.62. The summed E-state index contributed by atoms with van der Waals surface area (Å²) in [7, 11) is 3.04. The third-order valence-corrected chi connectivity index (χ3v) is 6.77. The second kappa shape index (κ2) is 11.2. The number of thioether (sulfide) groups is 1. The first-order valence-electron chi connectivity index (χ1n) is 11.5. The number of amides is 2. The van der Waals surface area contributed by atoms with Crippen LogP contribution in [0.25, 0.3) is 5.69 Å². The lowest BCUT2D eigenvalue weighted by atomic mass is 10.2. The largest absolute Gasteiger partial charge is 0.465 e. The zero-order valence-electron chi connectivity index (χ0n) is 21.0. The van der Waals surface area contributed by atoms with Gasteiger partial charge in [-0.1, -0.05) is 24.3 Å². The van der Waals surface area contributed by atoms with Crippen molar-refractivity contribution in [3.63, 3.8) is 0 Å². The van der Waals surface area contributed by atoms with Crippen molar-refractivity contribution in [2.75, 3.05) is 19.0 Å². The van der Waals surface area contributed by atoms with Gasteiger partial charge in [0, 0.05) is 25.4 Å². The normalized spacial score (nSPS) is 15.2. The zero-order valence-corrected chi connectivity index (χ0v) is 21.8. The molecule has 0 saturated carbocycles. The maximum atomic E-state index is 13.3. The summed E-state index contributed by atoms with van der Waals surface area (Å²) >= 11 is 0.999. The molecule has 0 unspecified atom stereocenters. The van der Waals surface area contributed by atoms with E-state index < -0.39 is 17.8 Å². The van der Waals surface area contributed by atoms with Crippen LogP contribution in [0.5, 0.6) is 0 Å². The standard InChI is InChI=1S/C27H25N5O5S/c1-5-15-31-24(34)21(16-22(33)28-19-13-11-18(12-14-19)26(36)37-4)38-27(31)29-23-17(2)30(3)32(25(23)35)20-9-7-6-8-10-20/h5-14,16H,1,15H2,2-4H3,(H,28,33)/b21-16+,29-27?. The monoisotopic (exact) mass is 531 g/mol. The van der Waals surface area contributed by atoms with Crippen LogP contribution in [0, 0.1) is 6.92 Å². The van der Waals surface area contributed by atoms with Gasteiger partial charge >= 0.3 is 5.97 Å². The molecule has 1 aliphatic rings. The van der Waals surface area contributed by atoms with Gasteiger partial charge < -0.3 is 10.1 Å². The van der Waals surface area contributed by atoms with Crippen LogP contribution in [-0.4, -0.2) is 50.9 Å². The van der Waals surface area contributed by atoms with Gasteiger partial charge in [0.05, 0.1) is 29.0 Å². The minimum Gasteiger partial charge on any atom is -0.465 e. The summed E-state index contributed by atoms with van der Waals surface area (Å²) in [5.74, 6) is -1.45. The van der Waals surface area contributed by atoms with E-state index in [0.29, 0.717) is 22.6 Å². The van der Waals surface area contributed by atoms with Gasteiger partial charge in [-0.3, -0.25) is 24.0 Å². The minimum atomic E-state index is -0.534. The molecule has 11 heteroatoms. The SMILES string of the molecule is C=CCN1C(=O)/C(=C\C(=O)Nc2ccc(C(=O)OC)cc2)SC1=Nc1c(C)n(C)n(-c2ccccc2)c1=O. The molecule has 1 N–H and O–H groups in total. The van der Waals surface area contributed by atoms with Gasteiger partial charge in [-0.15, -0.1) is 6.58 Å². The van der Waals surface area contributed by atoms with Crippen molar-refractivity contribution < 1.29 is 19.1 Å². The average Bonchev–Trinajstić information content (AvgIpc) is 3.31. The summed E-state index contributed by atoms with van der Waals surface area (Å²) in [6, 6.07) is 15.3. The zero-order chi connectivity index (χ0) is 27.4. The first-order chi connectivity index (χ1) is 18.2. The number of hydrogen-bond donors (Lipinski definition) is 1. The van der Waals surface area contributed by atoms with Crippen molar-refractivity contribution in [2.45, 2.75) is 6.92 Å². The van der Waals surface area contributed by atoms with E-state index in [0.717, 1.165) is 11.8 Å². The molecule has 2 amide bonds. The Labute approximate surface area is 222 Å². The third kappa shape index (κ3) is 5.23. The lowest BCUT2D eigenvalue weighted by molar-refractivity contribution is -0.122. The predicted molar refractivity (Wildman–Crippen MR) is 147 cm³/mol. The van der Waals surface area contributed by atoms with Crippen LogP contribution in [0.3, 0.4) is 0 Å². The molecule has 2 heterocycles. The topological polar surface area (TPSA) is 115 Å². The number of methoxy groups -OCH3 is 1. The van der Waals surface area contributed by atoms with Crippen LogP contribution in [0.1, 0.15) is 16.1 Å². The Hall–Kier alpha value is -4.64. The molecule has 1 fully saturated rings. The second-order valence-electron chi connectivity index (χ2n) is 8.18. The van der Waals surface area contributed by atoms with E-state index in [2.05, 4.69) is 21.6 Å². The Kier molecular flexibility index (Phi) is 7.77. The van der Waals surface area contributed by atoms with Crippen LogP contribution in [0.15, 0.2) is 88.0 Å². The summed E-state index contributed by atoms with van der Waals surface area (Å²) in [5, 5.41) is 2.93. The van der Waals surface area contributed by atoms with Crippen LogP contribution in [-0.2, 0) is 21.4 Å². The second-order valence-corrected chi connectivity index (χ2v) is 9.19. The van der Waals surface area contributed by atoms with Gasteiger partial charge in [-0.05, 0) is 55.1 Å². The van der Waals surface area contributed by atoms with E-state index in [1.807, 2.05) is 30.3 Å². The maximum Gasteiger partial charge on any atom is 0.337 e. The lowest BCUT2D eigenvalue weighted by Gasteiger charge is -2.12. The van der Waals surface area contributed by atoms with Gasteiger partial charge in [0.15, 0.2) is 10.9 Å². The number of anilines is 1. The summed E-state index contributed by atoms with van der Waals surface area (Å²) < 4.78 is 7.87. The molecule has 0 radical (unpaired) electrons. The molecular weight excluding hydrogens is 506 g/mol. The smallest absolute Gasteiger partial charge is 0.337 e. The van der Waals surface area contributed by atoms with Gasteiger partial charge in [0.1, 0.15) is 0 Å². The Balaban J connectivity index is 1.62. The van der Waals surface area contributed by atoms with E-state index in [4.69, 9.17) is 0 Å². The molecular formula is C27H25N5O5S. The quantitative estimate of drug-likeness (QED) is 0.283. The number of carbonyl (C=O) groups is 3. The van der Waals surface area contributed by atoms with E-state index in [-0.39, 0.29) is 27.9 Å². The Morgan fingerprint density at radius 1 is 1.11 bits per heavy atom. The molecule has 1 aliphatic heterocycles. The number of hydrogen-bond acceptors (Lipinski definition) is 7. The Morgan fingerprint density at radius 3 is 2.42 bits per heavy atom. The molecule has 4 rings (SSSR count). The van der Waals surface area contributed by atoms with Gasteiger partial charge in [0.25, 0.3) is 11.5 Å². The first kappa shape index (κ1) is 26.4. The highest BCUT2D eigenvalue weighted by Gasteiger charge is 2.34. The van der Waals surface area contributed by atoms with Crippen molar-refractivity contribution >= 4 is 46.1 Å². The molecule has 38 heavy (non-hydrogen) atoms. The van der Waals surface area contributed by atoms with Crippen LogP contribution < -0.4 is 10.9 Å². The highest BCUT2D eigenvalue weighted by Crippen LogP contribution is 2.33. The first-order valence-corrected chi connectivity index (χ1v) is 12.3. The van der Waals surface area contributed by atoms with Gasteiger partial charge in [-0.2, -0.15) is 0 Å². The van der Waals surface area contributed by atoms with Crippen molar-refractivity contribution in [1.29, 1.82) is 0 Å². The van der Waals surface area contributed by atoms with Gasteiger partial charge in [0.2, 0.25) is 5.91 Å². The number of ether oxygens (including phenoxy) is 1. The number of rotatable bonds is 7. The van der Waals surface area contributed by atoms with Crippen LogP contribution in [0.2, 0.25) is 0 Å². The van der Waals surface area contributed by atoms with Crippen LogP contribution in [0.4, 0.5) is 11.4 Å². The molecule has 194 valence electrons. The van der Waals surface area contributed by atoms with Crippen molar-refractivity contribution in [2.24, 2.45) is 12.0 Å². The number of aliphatic imine (C=N–C) groups is 1. The maximum absolute atomic E-state index is 13.3. The number of benzene rings is 2. The molecule has 3 aromatic rings. The molecule has 10 nitrogen and oxygen atoms in total. The van der Waals surface area contributed by atoms with E-state index in [1.165, 1.54) is 34.9 Å². The average molecular weight is 532 g/mol. The fraction of sp³-hybridized carbons (Fsp3) is 0.148. The minimum absolute atomic E-state index is 0.145. The number of aromatic nitrogens is 2. The highest BCUT2D eigenvalue weighted by atomic mass is 32.2. The Morgan fingerprint density at radius 2 is 1.79 bits per heavy atom. The fourth-order valence-corrected chi connectivity index (χ4v) is 4.73. The molecule has 2 aromatic carbocycles. The molecule has 1 aromatic heterocycles. The van der Waals surface area contributed by atoms with E-state index >= 15 is 0 Å². The number of esters is 1. The summed E-state index contributed by atoms with van der Waals surface area (Å²) in [4.78, 5) is 56.7.